The standard InChI is InChI=1S/C11H7F3N2O3/c12-4-1-5(13)7(6(14)2-4)10(17)8-9(11(18)19)16-3-15-8/h1-3,10,17H,(H,15,16)(H,18,19). The van der Waals surface area contributed by atoms with Crippen LogP contribution in [0.3, 0.4) is 0 Å². The van der Waals surface area contributed by atoms with Crippen molar-refractivity contribution in [3.05, 3.63) is 52.9 Å². The van der Waals surface area contributed by atoms with E-state index in [0.717, 1.165) is 6.33 Å². The van der Waals surface area contributed by atoms with E-state index in [4.69, 9.17) is 5.11 Å². The number of aromatic amines is 1. The van der Waals surface area contributed by atoms with Crippen molar-refractivity contribution in [2.75, 3.05) is 0 Å². The van der Waals surface area contributed by atoms with Crippen molar-refractivity contribution in [3.63, 3.8) is 0 Å². The number of halogens is 3. The van der Waals surface area contributed by atoms with Crippen LogP contribution in [0.5, 0.6) is 0 Å². The summed E-state index contributed by atoms with van der Waals surface area (Å²) in [5.74, 6) is -5.26. The Labute approximate surface area is 104 Å². The molecule has 100 valence electrons. The van der Waals surface area contributed by atoms with Crippen molar-refractivity contribution >= 4 is 5.97 Å². The van der Waals surface area contributed by atoms with Crippen LogP contribution >= 0.6 is 0 Å². The van der Waals surface area contributed by atoms with Crippen molar-refractivity contribution in [2.45, 2.75) is 6.10 Å². The first kappa shape index (κ1) is 13.1. The number of benzene rings is 1. The quantitative estimate of drug-likeness (QED) is 0.792. The second-order valence-corrected chi connectivity index (χ2v) is 3.66. The molecule has 1 unspecified atom stereocenters. The van der Waals surface area contributed by atoms with Crippen LogP contribution in [0.15, 0.2) is 18.5 Å². The number of nitrogens with zero attached hydrogens (tertiary/aromatic N) is 1. The molecule has 0 bridgehead atoms. The van der Waals surface area contributed by atoms with Gasteiger partial charge >= 0.3 is 5.97 Å². The minimum atomic E-state index is -1.94. The van der Waals surface area contributed by atoms with Gasteiger partial charge in [0.2, 0.25) is 0 Å². The third-order valence-corrected chi connectivity index (χ3v) is 2.46. The SMILES string of the molecule is O=C(O)c1nc[nH]c1C(O)c1c(F)cc(F)cc1F. The molecule has 1 aromatic heterocycles. The molecule has 1 aromatic carbocycles. The average Bonchev–Trinajstić information content (AvgIpc) is 2.75. The average molecular weight is 272 g/mol. The number of carbonyl (C=O) groups is 1. The van der Waals surface area contributed by atoms with Crippen molar-refractivity contribution in [1.29, 1.82) is 0 Å². The molecule has 19 heavy (non-hydrogen) atoms. The van der Waals surface area contributed by atoms with Crippen LogP contribution in [0.25, 0.3) is 0 Å². The summed E-state index contributed by atoms with van der Waals surface area (Å²) in [5.41, 5.74) is -1.82. The summed E-state index contributed by atoms with van der Waals surface area (Å²) in [6.45, 7) is 0. The molecule has 0 spiro atoms. The van der Waals surface area contributed by atoms with E-state index in [1.54, 1.807) is 0 Å². The van der Waals surface area contributed by atoms with Gasteiger partial charge in [0, 0.05) is 12.1 Å². The van der Waals surface area contributed by atoms with E-state index in [1.807, 2.05) is 0 Å². The molecular weight excluding hydrogens is 265 g/mol. The molecule has 5 nitrogen and oxygen atoms in total. The zero-order valence-corrected chi connectivity index (χ0v) is 9.19. The lowest BCUT2D eigenvalue weighted by molar-refractivity contribution is 0.0684. The molecule has 0 radical (unpaired) electrons. The van der Waals surface area contributed by atoms with Gasteiger partial charge in [0.15, 0.2) is 5.69 Å². The molecule has 3 N–H and O–H groups in total. The highest BCUT2D eigenvalue weighted by atomic mass is 19.1. The van der Waals surface area contributed by atoms with E-state index >= 15 is 0 Å². The first-order chi connectivity index (χ1) is 8.91. The largest absolute Gasteiger partial charge is 0.476 e. The second-order valence-electron chi connectivity index (χ2n) is 3.66. The maximum atomic E-state index is 13.5. The summed E-state index contributed by atoms with van der Waals surface area (Å²) in [6.07, 6.45) is -0.976. The Morgan fingerprint density at radius 3 is 2.37 bits per heavy atom. The lowest BCUT2D eigenvalue weighted by Crippen LogP contribution is -2.11. The van der Waals surface area contributed by atoms with E-state index < -0.39 is 46.5 Å². The normalized spacial score (nSPS) is 12.4. The molecule has 0 amide bonds. The van der Waals surface area contributed by atoms with Crippen molar-refractivity contribution < 1.29 is 28.2 Å². The van der Waals surface area contributed by atoms with Gasteiger partial charge < -0.3 is 15.2 Å². The summed E-state index contributed by atoms with van der Waals surface area (Å²) in [4.78, 5) is 16.5. The van der Waals surface area contributed by atoms with E-state index in [2.05, 4.69) is 9.97 Å². The molecule has 2 aromatic rings. The molecule has 0 saturated carbocycles. The number of imidazole rings is 1. The van der Waals surface area contributed by atoms with Gasteiger partial charge in [0.05, 0.1) is 17.6 Å². The third kappa shape index (κ3) is 2.29. The number of aromatic nitrogens is 2. The Morgan fingerprint density at radius 2 is 1.84 bits per heavy atom. The molecule has 2 rings (SSSR count). The summed E-state index contributed by atoms with van der Waals surface area (Å²) in [6, 6.07) is 0.775. The van der Waals surface area contributed by atoms with Gasteiger partial charge in [-0.2, -0.15) is 0 Å². The Hall–Kier alpha value is -2.35. The number of aliphatic hydroxyl groups excluding tert-OH is 1. The third-order valence-electron chi connectivity index (χ3n) is 2.46. The maximum absolute atomic E-state index is 13.5. The molecule has 0 aliphatic carbocycles. The van der Waals surface area contributed by atoms with E-state index in [9.17, 15) is 23.1 Å². The number of aromatic carboxylic acids is 1. The molecule has 0 aliphatic heterocycles. The molecule has 0 saturated heterocycles. The Balaban J connectivity index is 2.53. The Morgan fingerprint density at radius 1 is 1.26 bits per heavy atom. The van der Waals surface area contributed by atoms with Crippen molar-refractivity contribution in [3.8, 4) is 0 Å². The zero-order chi connectivity index (χ0) is 14.2. The van der Waals surface area contributed by atoms with Crippen LogP contribution in [0.1, 0.15) is 27.8 Å². The predicted octanol–water partition coefficient (Wildman–Crippen LogP) is 1.61. The Kier molecular flexibility index (Phi) is 3.26. The molecule has 1 heterocycles. The van der Waals surface area contributed by atoms with Gasteiger partial charge in [-0.1, -0.05) is 0 Å². The van der Waals surface area contributed by atoms with Crippen LogP contribution in [-0.4, -0.2) is 26.2 Å². The first-order valence-electron chi connectivity index (χ1n) is 5.01. The molecule has 0 fully saturated rings. The summed E-state index contributed by atoms with van der Waals surface area (Å²) in [7, 11) is 0. The lowest BCUT2D eigenvalue weighted by Gasteiger charge is -2.12. The zero-order valence-electron chi connectivity index (χ0n) is 9.19. The van der Waals surface area contributed by atoms with Gasteiger partial charge in [0.25, 0.3) is 0 Å². The van der Waals surface area contributed by atoms with Gasteiger partial charge in [-0.25, -0.2) is 22.9 Å². The highest BCUT2D eigenvalue weighted by molar-refractivity contribution is 5.86. The fraction of sp³-hybridized carbons (Fsp3) is 0.0909. The fourth-order valence-corrected chi connectivity index (χ4v) is 1.64. The maximum Gasteiger partial charge on any atom is 0.356 e. The summed E-state index contributed by atoms with van der Waals surface area (Å²) < 4.78 is 39.7. The minimum absolute atomic E-state index is 0.387. The lowest BCUT2D eigenvalue weighted by atomic mass is 10.0. The first-order valence-corrected chi connectivity index (χ1v) is 5.01. The number of carboxylic acid groups (broad SMARTS) is 1. The molecule has 0 aliphatic rings. The summed E-state index contributed by atoms with van der Waals surface area (Å²) in [5, 5.41) is 18.6. The summed E-state index contributed by atoms with van der Waals surface area (Å²) >= 11 is 0. The smallest absolute Gasteiger partial charge is 0.356 e. The predicted molar refractivity (Wildman–Crippen MR) is 55.9 cm³/mol. The fourth-order valence-electron chi connectivity index (χ4n) is 1.64. The van der Waals surface area contributed by atoms with E-state index in [0.29, 0.717) is 12.1 Å². The van der Waals surface area contributed by atoms with Gasteiger partial charge in [-0.3, -0.25) is 0 Å². The molecule has 8 heteroatoms. The molecular formula is C11H7F3N2O3. The number of hydrogen-bond donors (Lipinski definition) is 3. The second kappa shape index (κ2) is 4.73. The van der Waals surface area contributed by atoms with Crippen LogP contribution in [0, 0.1) is 17.5 Å². The number of hydrogen-bond acceptors (Lipinski definition) is 3. The van der Waals surface area contributed by atoms with Crippen LogP contribution in [0.4, 0.5) is 13.2 Å². The monoisotopic (exact) mass is 272 g/mol. The van der Waals surface area contributed by atoms with Gasteiger partial charge in [0.1, 0.15) is 23.6 Å². The number of aliphatic hydroxyl groups is 1. The van der Waals surface area contributed by atoms with Gasteiger partial charge in [-0.15, -0.1) is 0 Å². The van der Waals surface area contributed by atoms with E-state index in [1.165, 1.54) is 0 Å². The Bertz CT molecular complexity index is 619. The van der Waals surface area contributed by atoms with Crippen LogP contribution in [0.2, 0.25) is 0 Å². The van der Waals surface area contributed by atoms with Crippen LogP contribution < -0.4 is 0 Å². The highest BCUT2D eigenvalue weighted by Crippen LogP contribution is 2.28. The minimum Gasteiger partial charge on any atom is -0.476 e. The topological polar surface area (TPSA) is 86.2 Å². The van der Waals surface area contributed by atoms with Crippen molar-refractivity contribution in [1.82, 2.24) is 9.97 Å². The number of rotatable bonds is 3. The molecule has 1 atom stereocenters. The van der Waals surface area contributed by atoms with Crippen LogP contribution in [-0.2, 0) is 0 Å². The van der Waals surface area contributed by atoms with Gasteiger partial charge in [-0.05, 0) is 0 Å². The number of carboxylic acids is 1. The number of H-pyrrole nitrogens is 1. The number of nitrogens with one attached hydrogen (secondary N) is 1. The van der Waals surface area contributed by atoms with E-state index in [-0.39, 0.29) is 0 Å². The van der Waals surface area contributed by atoms with Crippen molar-refractivity contribution in [2.24, 2.45) is 0 Å². The highest BCUT2D eigenvalue weighted by Gasteiger charge is 2.27.